The van der Waals surface area contributed by atoms with Gasteiger partial charge in [-0.3, -0.25) is 0 Å². The molecular formula is C17H25NO4. The zero-order valence-electron chi connectivity index (χ0n) is 13.4. The number of aromatic carboxylic acids is 2. The van der Waals surface area contributed by atoms with Gasteiger partial charge in [0.25, 0.3) is 0 Å². The number of pyridine rings is 1. The maximum Gasteiger partial charge on any atom is 0.354 e. The van der Waals surface area contributed by atoms with Crippen LogP contribution >= 0.6 is 0 Å². The summed E-state index contributed by atoms with van der Waals surface area (Å²) in [5, 5.41) is 18.5. The van der Waals surface area contributed by atoms with Crippen molar-refractivity contribution < 1.29 is 19.8 Å². The fraction of sp³-hybridized carbons (Fsp3) is 0.588. The van der Waals surface area contributed by atoms with Gasteiger partial charge in [-0.2, -0.15) is 0 Å². The van der Waals surface area contributed by atoms with Gasteiger partial charge < -0.3 is 10.2 Å². The molecule has 0 bridgehead atoms. The number of aryl methyl sites for hydroxylation is 1. The van der Waals surface area contributed by atoms with E-state index in [0.717, 1.165) is 44.1 Å². The third kappa shape index (κ3) is 5.13. The highest BCUT2D eigenvalue weighted by Crippen LogP contribution is 2.21. The predicted octanol–water partition coefficient (Wildman–Crippen LogP) is 3.94. The molecular weight excluding hydrogens is 282 g/mol. The Morgan fingerprint density at radius 1 is 0.955 bits per heavy atom. The summed E-state index contributed by atoms with van der Waals surface area (Å²) in [6, 6.07) is 1.55. The summed E-state index contributed by atoms with van der Waals surface area (Å²) < 4.78 is 0. The van der Waals surface area contributed by atoms with Gasteiger partial charge in [-0.15, -0.1) is 0 Å². The Morgan fingerprint density at radius 2 is 1.55 bits per heavy atom. The van der Waals surface area contributed by atoms with Crippen molar-refractivity contribution in [1.82, 2.24) is 4.98 Å². The lowest BCUT2D eigenvalue weighted by molar-refractivity contribution is 0.0684. The number of carboxylic acids is 2. The summed E-state index contributed by atoms with van der Waals surface area (Å²) in [5.41, 5.74) is 1.27. The summed E-state index contributed by atoms with van der Waals surface area (Å²) in [6.07, 6.45) is 7.35. The van der Waals surface area contributed by atoms with Crippen molar-refractivity contribution in [2.75, 3.05) is 0 Å². The fourth-order valence-corrected chi connectivity index (χ4v) is 2.53. The standard InChI is InChI=1S/C17H25NO4/c1-3-5-7-9-12-11-14(16(19)20)18-15(17(21)22)13(12)10-8-6-4-2/h11H,3-10H2,1-2H3,(H,19,20)(H,21,22). The molecule has 0 aliphatic heterocycles. The van der Waals surface area contributed by atoms with E-state index in [0.29, 0.717) is 18.4 Å². The van der Waals surface area contributed by atoms with E-state index < -0.39 is 11.9 Å². The van der Waals surface area contributed by atoms with Crippen LogP contribution in [0.3, 0.4) is 0 Å². The summed E-state index contributed by atoms with van der Waals surface area (Å²) in [6.45, 7) is 4.19. The van der Waals surface area contributed by atoms with Gasteiger partial charge in [-0.05, 0) is 42.9 Å². The lowest BCUT2D eigenvalue weighted by atomic mass is 9.95. The van der Waals surface area contributed by atoms with Crippen LogP contribution in [-0.4, -0.2) is 27.1 Å². The number of unbranched alkanes of at least 4 members (excludes halogenated alkanes) is 4. The molecule has 0 fully saturated rings. The fourth-order valence-electron chi connectivity index (χ4n) is 2.53. The molecule has 1 aromatic heterocycles. The molecule has 0 aliphatic rings. The second-order valence-corrected chi connectivity index (χ2v) is 5.52. The number of carboxylic acid groups (broad SMARTS) is 2. The van der Waals surface area contributed by atoms with Crippen LogP contribution < -0.4 is 0 Å². The lowest BCUT2D eigenvalue weighted by Gasteiger charge is -2.13. The van der Waals surface area contributed by atoms with Crippen LogP contribution in [0.5, 0.6) is 0 Å². The molecule has 1 rings (SSSR count). The first kappa shape index (κ1) is 18.1. The Balaban J connectivity index is 3.19. The van der Waals surface area contributed by atoms with Crippen molar-refractivity contribution in [3.05, 3.63) is 28.6 Å². The first-order valence-electron chi connectivity index (χ1n) is 8.00. The van der Waals surface area contributed by atoms with Crippen LogP contribution in [0.2, 0.25) is 0 Å². The number of hydrogen-bond acceptors (Lipinski definition) is 3. The van der Waals surface area contributed by atoms with Crippen molar-refractivity contribution in [2.45, 2.75) is 65.2 Å². The summed E-state index contributed by atoms with van der Waals surface area (Å²) in [5.74, 6) is -2.33. The van der Waals surface area contributed by atoms with E-state index in [9.17, 15) is 14.7 Å². The van der Waals surface area contributed by atoms with Crippen LogP contribution in [0.15, 0.2) is 6.07 Å². The van der Waals surface area contributed by atoms with Gasteiger partial charge in [-0.25, -0.2) is 14.6 Å². The zero-order valence-corrected chi connectivity index (χ0v) is 13.4. The highest BCUT2D eigenvalue weighted by molar-refractivity contribution is 5.91. The van der Waals surface area contributed by atoms with Gasteiger partial charge >= 0.3 is 11.9 Å². The van der Waals surface area contributed by atoms with E-state index in [1.165, 1.54) is 0 Å². The molecule has 1 aromatic rings. The molecule has 0 saturated heterocycles. The second-order valence-electron chi connectivity index (χ2n) is 5.52. The zero-order chi connectivity index (χ0) is 16.5. The molecule has 0 unspecified atom stereocenters. The number of nitrogens with zero attached hydrogens (tertiary/aromatic N) is 1. The van der Waals surface area contributed by atoms with E-state index in [-0.39, 0.29) is 11.4 Å². The van der Waals surface area contributed by atoms with Crippen molar-refractivity contribution in [2.24, 2.45) is 0 Å². The minimum atomic E-state index is -1.18. The van der Waals surface area contributed by atoms with E-state index >= 15 is 0 Å². The normalized spacial score (nSPS) is 10.6. The van der Waals surface area contributed by atoms with Gasteiger partial charge in [0.05, 0.1) is 0 Å². The van der Waals surface area contributed by atoms with Crippen molar-refractivity contribution in [3.8, 4) is 0 Å². The molecule has 1 heterocycles. The second kappa shape index (κ2) is 9.18. The van der Waals surface area contributed by atoms with Crippen molar-refractivity contribution >= 4 is 11.9 Å². The highest BCUT2D eigenvalue weighted by Gasteiger charge is 2.20. The van der Waals surface area contributed by atoms with E-state index in [4.69, 9.17) is 5.11 Å². The smallest absolute Gasteiger partial charge is 0.354 e. The van der Waals surface area contributed by atoms with Crippen molar-refractivity contribution in [3.63, 3.8) is 0 Å². The average molecular weight is 307 g/mol. The van der Waals surface area contributed by atoms with E-state index in [2.05, 4.69) is 18.8 Å². The van der Waals surface area contributed by atoms with Crippen LogP contribution in [-0.2, 0) is 12.8 Å². The predicted molar refractivity (Wildman–Crippen MR) is 84.6 cm³/mol. The minimum Gasteiger partial charge on any atom is -0.477 e. The Kier molecular flexibility index (Phi) is 7.57. The number of aromatic nitrogens is 1. The van der Waals surface area contributed by atoms with Crippen LogP contribution in [0.1, 0.15) is 84.5 Å². The Hall–Kier alpha value is -1.91. The Morgan fingerprint density at radius 3 is 2.05 bits per heavy atom. The van der Waals surface area contributed by atoms with Gasteiger partial charge in [0.1, 0.15) is 5.69 Å². The molecule has 5 heteroatoms. The molecule has 2 N–H and O–H groups in total. The van der Waals surface area contributed by atoms with Crippen LogP contribution in [0, 0.1) is 0 Å². The average Bonchev–Trinajstić information content (AvgIpc) is 2.48. The van der Waals surface area contributed by atoms with Crippen LogP contribution in [0.25, 0.3) is 0 Å². The summed E-state index contributed by atoms with van der Waals surface area (Å²) in [4.78, 5) is 26.5. The van der Waals surface area contributed by atoms with Gasteiger partial charge in [0.2, 0.25) is 0 Å². The summed E-state index contributed by atoms with van der Waals surface area (Å²) >= 11 is 0. The third-order valence-electron chi connectivity index (χ3n) is 3.72. The topological polar surface area (TPSA) is 87.5 Å². The molecule has 0 aliphatic carbocycles. The molecule has 22 heavy (non-hydrogen) atoms. The van der Waals surface area contributed by atoms with Gasteiger partial charge in [-0.1, -0.05) is 39.5 Å². The van der Waals surface area contributed by atoms with Crippen molar-refractivity contribution in [1.29, 1.82) is 0 Å². The molecule has 0 atom stereocenters. The largest absolute Gasteiger partial charge is 0.477 e. The highest BCUT2D eigenvalue weighted by atomic mass is 16.4. The monoisotopic (exact) mass is 307 g/mol. The first-order chi connectivity index (χ1) is 10.5. The molecule has 122 valence electrons. The molecule has 0 radical (unpaired) electrons. The number of carbonyl (C=O) groups is 2. The van der Waals surface area contributed by atoms with Gasteiger partial charge in [0, 0.05) is 0 Å². The van der Waals surface area contributed by atoms with Gasteiger partial charge in [0.15, 0.2) is 5.69 Å². The molecule has 0 aromatic carbocycles. The Bertz CT molecular complexity index is 526. The SMILES string of the molecule is CCCCCc1cc(C(=O)O)nc(C(=O)O)c1CCCCC. The van der Waals surface area contributed by atoms with E-state index in [1.807, 2.05) is 0 Å². The summed E-state index contributed by atoms with van der Waals surface area (Å²) in [7, 11) is 0. The molecule has 5 nitrogen and oxygen atoms in total. The Labute approximate surface area is 131 Å². The third-order valence-corrected chi connectivity index (χ3v) is 3.72. The van der Waals surface area contributed by atoms with E-state index in [1.54, 1.807) is 6.07 Å². The van der Waals surface area contributed by atoms with Crippen LogP contribution in [0.4, 0.5) is 0 Å². The molecule has 0 spiro atoms. The maximum atomic E-state index is 11.5. The molecule has 0 amide bonds. The maximum absolute atomic E-state index is 11.5. The minimum absolute atomic E-state index is 0.0949. The quantitative estimate of drug-likeness (QED) is 0.639. The molecule has 0 saturated carbocycles. The first-order valence-corrected chi connectivity index (χ1v) is 8.00. The number of rotatable bonds is 10. The lowest BCUT2D eigenvalue weighted by Crippen LogP contribution is -2.14. The number of hydrogen-bond donors (Lipinski definition) is 2.